The van der Waals surface area contributed by atoms with E-state index in [9.17, 15) is 4.79 Å². The maximum Gasteiger partial charge on any atom is 0.253 e. The summed E-state index contributed by atoms with van der Waals surface area (Å²) in [5, 5.41) is 3.27. The van der Waals surface area contributed by atoms with Crippen LogP contribution in [0.5, 0.6) is 5.75 Å². The van der Waals surface area contributed by atoms with Crippen molar-refractivity contribution in [2.24, 2.45) is 0 Å². The van der Waals surface area contributed by atoms with Gasteiger partial charge in [-0.25, -0.2) is 0 Å². The molecule has 0 saturated carbocycles. The molecule has 1 heterocycles. The Balaban J connectivity index is 1.70. The number of ether oxygens (including phenoxy) is 1. The summed E-state index contributed by atoms with van der Waals surface area (Å²) in [7, 11) is 1.64. The molecule has 0 aromatic heterocycles. The zero-order chi connectivity index (χ0) is 14.7. The summed E-state index contributed by atoms with van der Waals surface area (Å²) in [5.41, 5.74) is 2.73. The number of nitrogens with zero attached hydrogens (tertiary/aromatic N) is 1. The van der Waals surface area contributed by atoms with E-state index in [4.69, 9.17) is 4.74 Å². The van der Waals surface area contributed by atoms with Gasteiger partial charge >= 0.3 is 0 Å². The number of amides is 1. The van der Waals surface area contributed by atoms with Gasteiger partial charge in [-0.1, -0.05) is 18.2 Å². The first-order valence-electron chi connectivity index (χ1n) is 6.74. The molecule has 4 nitrogen and oxygen atoms in total. The molecule has 0 bridgehead atoms. The first kappa shape index (κ1) is 13.2. The van der Waals surface area contributed by atoms with Crippen molar-refractivity contribution in [3.63, 3.8) is 0 Å². The lowest BCUT2D eigenvalue weighted by molar-refractivity contribution is -0.113. The third kappa shape index (κ3) is 2.89. The van der Waals surface area contributed by atoms with Crippen LogP contribution >= 0.6 is 0 Å². The van der Waals surface area contributed by atoms with Gasteiger partial charge < -0.3 is 15.0 Å². The molecule has 21 heavy (non-hydrogen) atoms. The van der Waals surface area contributed by atoms with Crippen molar-refractivity contribution >= 4 is 17.3 Å². The van der Waals surface area contributed by atoms with Gasteiger partial charge in [0, 0.05) is 23.1 Å². The monoisotopic (exact) mass is 280 g/mol. The summed E-state index contributed by atoms with van der Waals surface area (Å²) in [4.78, 5) is 13.8. The molecule has 0 atom stereocenters. The topological polar surface area (TPSA) is 41.6 Å². The molecule has 0 fully saturated rings. The number of hydrogen-bond acceptors (Lipinski definition) is 3. The fourth-order valence-electron chi connectivity index (χ4n) is 2.28. The summed E-state index contributed by atoms with van der Waals surface area (Å²) in [6.45, 7) is 0.550. The van der Waals surface area contributed by atoms with E-state index in [0.717, 1.165) is 22.8 Å². The van der Waals surface area contributed by atoms with Gasteiger partial charge in [0.05, 0.1) is 13.7 Å². The maximum absolute atomic E-state index is 12.1. The molecule has 1 aliphatic rings. The predicted octanol–water partition coefficient (Wildman–Crippen LogP) is 3.04. The Hall–Kier alpha value is -2.75. The molecule has 0 radical (unpaired) electrons. The van der Waals surface area contributed by atoms with Crippen molar-refractivity contribution < 1.29 is 9.53 Å². The van der Waals surface area contributed by atoms with Crippen LogP contribution in [0.3, 0.4) is 0 Å². The van der Waals surface area contributed by atoms with Crippen LogP contribution in [0.15, 0.2) is 66.4 Å². The molecule has 1 aliphatic heterocycles. The van der Waals surface area contributed by atoms with Gasteiger partial charge in [0.15, 0.2) is 0 Å². The van der Waals surface area contributed by atoms with Crippen molar-refractivity contribution in [3.8, 4) is 5.75 Å². The Morgan fingerprint density at radius 3 is 2.43 bits per heavy atom. The molecular weight excluding hydrogens is 264 g/mol. The highest BCUT2D eigenvalue weighted by Crippen LogP contribution is 2.23. The summed E-state index contributed by atoms with van der Waals surface area (Å²) in [6, 6.07) is 17.3. The molecule has 4 heteroatoms. The second-order valence-electron chi connectivity index (χ2n) is 4.78. The number of benzene rings is 2. The second kappa shape index (κ2) is 5.71. The van der Waals surface area contributed by atoms with E-state index in [1.807, 2.05) is 54.6 Å². The minimum atomic E-state index is -0.00258. The number of carbonyl (C=O) groups excluding carboxylic acids is 1. The molecule has 2 aromatic rings. The van der Waals surface area contributed by atoms with E-state index in [1.54, 1.807) is 18.1 Å². The third-order valence-electron chi connectivity index (χ3n) is 3.35. The predicted molar refractivity (Wildman–Crippen MR) is 83.5 cm³/mol. The molecule has 0 unspecified atom stereocenters. The molecule has 1 N–H and O–H groups in total. The van der Waals surface area contributed by atoms with Crippen LogP contribution in [0.4, 0.5) is 11.4 Å². The van der Waals surface area contributed by atoms with Crippen molar-refractivity contribution in [1.82, 2.24) is 0 Å². The molecular formula is C17H16N2O2. The fourth-order valence-corrected chi connectivity index (χ4v) is 2.28. The molecule has 3 rings (SSSR count). The first-order chi connectivity index (χ1) is 10.3. The van der Waals surface area contributed by atoms with Crippen LogP contribution in [0.1, 0.15) is 0 Å². The standard InChI is InChI=1S/C17H16N2O2/c1-21-16-9-7-13(8-10-16)18-14-11-17(20)19(12-14)15-5-3-2-4-6-15/h2-11,18H,12H2,1H3. The highest BCUT2D eigenvalue weighted by Gasteiger charge is 2.22. The molecule has 0 aliphatic carbocycles. The van der Waals surface area contributed by atoms with Gasteiger partial charge in [-0.2, -0.15) is 0 Å². The number of rotatable bonds is 4. The average molecular weight is 280 g/mol. The SMILES string of the molecule is COc1ccc(NC2=CC(=O)N(c3ccccc3)C2)cc1. The van der Waals surface area contributed by atoms with Crippen molar-refractivity contribution in [1.29, 1.82) is 0 Å². The van der Waals surface area contributed by atoms with Gasteiger partial charge in [-0.3, -0.25) is 4.79 Å². The highest BCUT2D eigenvalue weighted by atomic mass is 16.5. The summed E-state index contributed by atoms with van der Waals surface area (Å²) in [5.74, 6) is 0.806. The maximum atomic E-state index is 12.1. The van der Waals surface area contributed by atoms with Gasteiger partial charge in [0.2, 0.25) is 0 Å². The molecule has 1 amide bonds. The van der Waals surface area contributed by atoms with Crippen LogP contribution in [0.2, 0.25) is 0 Å². The zero-order valence-electron chi connectivity index (χ0n) is 11.7. The average Bonchev–Trinajstić information content (AvgIpc) is 2.89. The van der Waals surface area contributed by atoms with Gasteiger partial charge in [0.25, 0.3) is 5.91 Å². The Morgan fingerprint density at radius 2 is 1.76 bits per heavy atom. The van der Waals surface area contributed by atoms with Crippen molar-refractivity contribution in [2.45, 2.75) is 0 Å². The van der Waals surface area contributed by atoms with E-state index in [2.05, 4.69) is 5.32 Å². The van der Waals surface area contributed by atoms with E-state index in [-0.39, 0.29) is 5.91 Å². The van der Waals surface area contributed by atoms with Crippen molar-refractivity contribution in [2.75, 3.05) is 23.9 Å². The highest BCUT2D eigenvalue weighted by molar-refractivity contribution is 6.05. The quantitative estimate of drug-likeness (QED) is 0.936. The number of nitrogens with one attached hydrogen (secondary N) is 1. The minimum Gasteiger partial charge on any atom is -0.497 e. The first-order valence-corrected chi connectivity index (χ1v) is 6.74. The summed E-state index contributed by atoms with van der Waals surface area (Å²) in [6.07, 6.45) is 1.64. The van der Waals surface area contributed by atoms with Crippen LogP contribution in [-0.2, 0) is 4.79 Å². The van der Waals surface area contributed by atoms with E-state index in [1.165, 1.54) is 0 Å². The molecule has 0 saturated heterocycles. The lowest BCUT2D eigenvalue weighted by Gasteiger charge is -2.17. The number of hydrogen-bond donors (Lipinski definition) is 1. The second-order valence-corrected chi connectivity index (χ2v) is 4.78. The Labute approximate surface area is 123 Å². The number of anilines is 2. The van der Waals surface area contributed by atoms with Crippen molar-refractivity contribution in [3.05, 3.63) is 66.4 Å². The molecule has 106 valence electrons. The van der Waals surface area contributed by atoms with Gasteiger partial charge in [-0.15, -0.1) is 0 Å². The molecule has 2 aromatic carbocycles. The fraction of sp³-hybridized carbons (Fsp3) is 0.118. The third-order valence-corrected chi connectivity index (χ3v) is 3.35. The Morgan fingerprint density at radius 1 is 1.05 bits per heavy atom. The summed E-state index contributed by atoms with van der Waals surface area (Å²) >= 11 is 0. The van der Waals surface area contributed by atoms with Gasteiger partial charge in [0.1, 0.15) is 5.75 Å². The number of carbonyl (C=O) groups is 1. The molecule has 0 spiro atoms. The Bertz CT molecular complexity index is 663. The van der Waals surface area contributed by atoms with E-state index in [0.29, 0.717) is 6.54 Å². The van der Waals surface area contributed by atoms with E-state index < -0.39 is 0 Å². The Kier molecular flexibility index (Phi) is 3.60. The summed E-state index contributed by atoms with van der Waals surface area (Å²) < 4.78 is 5.13. The zero-order valence-corrected chi connectivity index (χ0v) is 11.7. The van der Waals surface area contributed by atoms with Crippen LogP contribution in [0, 0.1) is 0 Å². The largest absolute Gasteiger partial charge is 0.497 e. The van der Waals surface area contributed by atoms with E-state index >= 15 is 0 Å². The number of methoxy groups -OCH3 is 1. The van der Waals surface area contributed by atoms with Crippen LogP contribution < -0.4 is 15.0 Å². The van der Waals surface area contributed by atoms with Gasteiger partial charge in [-0.05, 0) is 36.4 Å². The lowest BCUT2D eigenvalue weighted by atomic mass is 10.3. The smallest absolute Gasteiger partial charge is 0.253 e. The number of para-hydroxylation sites is 1. The van der Waals surface area contributed by atoms with Crippen LogP contribution in [-0.4, -0.2) is 19.6 Å². The lowest BCUT2D eigenvalue weighted by Crippen LogP contribution is -2.25. The minimum absolute atomic E-state index is 0.00258. The normalized spacial score (nSPS) is 14.0. The van der Waals surface area contributed by atoms with Crippen LogP contribution in [0.25, 0.3) is 0 Å².